The fourth-order valence-corrected chi connectivity index (χ4v) is 1.74. The zero-order valence-electron chi connectivity index (χ0n) is 12.5. The predicted octanol–water partition coefficient (Wildman–Crippen LogP) is 0.868. The molecule has 1 aliphatic heterocycles. The van der Waals surface area contributed by atoms with Crippen LogP contribution >= 0.6 is 0 Å². The number of ether oxygens (including phenoxy) is 2. The summed E-state index contributed by atoms with van der Waals surface area (Å²) in [6, 6.07) is 0. The number of allylic oxidation sites excluding steroid dienone is 1. The van der Waals surface area contributed by atoms with Crippen molar-refractivity contribution < 1.29 is 29.3 Å². The van der Waals surface area contributed by atoms with Crippen molar-refractivity contribution in [3.63, 3.8) is 0 Å². The molecule has 1 fully saturated rings. The van der Waals surface area contributed by atoms with Crippen LogP contribution < -0.4 is 0 Å². The van der Waals surface area contributed by atoms with Gasteiger partial charge < -0.3 is 19.7 Å². The number of hydrogen-bond donors (Lipinski definition) is 2. The average Bonchev–Trinajstić information content (AvgIpc) is 2.87. The molecule has 0 aromatic heterocycles. The molecule has 21 heavy (non-hydrogen) atoms. The summed E-state index contributed by atoms with van der Waals surface area (Å²) < 4.78 is 10.4. The third-order valence-electron chi connectivity index (χ3n) is 3.27. The third-order valence-corrected chi connectivity index (χ3v) is 3.27. The van der Waals surface area contributed by atoms with Gasteiger partial charge in [0, 0.05) is 12.0 Å². The van der Waals surface area contributed by atoms with Gasteiger partial charge in [-0.25, -0.2) is 4.79 Å². The molecule has 0 amide bonds. The van der Waals surface area contributed by atoms with E-state index in [1.165, 1.54) is 19.1 Å². The van der Waals surface area contributed by atoms with Crippen molar-refractivity contribution in [2.45, 2.75) is 58.0 Å². The standard InChI is InChI=1S/C15H22O6/c1-4-9(2)15(19)21-13(6-5-11(17)10(3)16)12-7-8-14(18)20-12/h4-6,10-13,16-17H,7-8H2,1-3H3/b6-5+,9-4+/t10-,11+,12-,13-/m1/s1. The average molecular weight is 298 g/mol. The zero-order chi connectivity index (χ0) is 16.0. The summed E-state index contributed by atoms with van der Waals surface area (Å²) in [5.41, 5.74) is 0.439. The molecular formula is C15H22O6. The van der Waals surface area contributed by atoms with Gasteiger partial charge in [-0.05, 0) is 33.3 Å². The van der Waals surface area contributed by atoms with Gasteiger partial charge in [0.1, 0.15) is 6.10 Å². The molecule has 0 aromatic rings. The Hall–Kier alpha value is -1.66. The van der Waals surface area contributed by atoms with Crippen molar-refractivity contribution in [3.8, 4) is 0 Å². The molecule has 0 bridgehead atoms. The van der Waals surface area contributed by atoms with E-state index in [9.17, 15) is 19.8 Å². The first kappa shape index (κ1) is 17.4. The van der Waals surface area contributed by atoms with Crippen LogP contribution in [-0.2, 0) is 19.1 Å². The van der Waals surface area contributed by atoms with Crippen LogP contribution in [0.15, 0.2) is 23.8 Å². The fourth-order valence-electron chi connectivity index (χ4n) is 1.74. The summed E-state index contributed by atoms with van der Waals surface area (Å²) in [6.07, 6.45) is 1.74. The Kier molecular flexibility index (Phi) is 6.58. The highest BCUT2D eigenvalue weighted by atomic mass is 16.6. The largest absolute Gasteiger partial charge is 0.458 e. The maximum absolute atomic E-state index is 11.8. The summed E-state index contributed by atoms with van der Waals surface area (Å²) in [5, 5.41) is 18.8. The van der Waals surface area contributed by atoms with Gasteiger partial charge >= 0.3 is 11.9 Å². The van der Waals surface area contributed by atoms with E-state index >= 15 is 0 Å². The Balaban J connectivity index is 2.79. The van der Waals surface area contributed by atoms with Gasteiger partial charge in [0.15, 0.2) is 6.10 Å². The lowest BCUT2D eigenvalue weighted by Gasteiger charge is -2.20. The van der Waals surface area contributed by atoms with Crippen LogP contribution in [0.5, 0.6) is 0 Å². The first-order valence-corrected chi connectivity index (χ1v) is 6.93. The number of carbonyl (C=O) groups excluding carboxylic acids is 2. The molecule has 1 aliphatic rings. The molecule has 6 nitrogen and oxygen atoms in total. The van der Waals surface area contributed by atoms with Crippen LogP contribution in [-0.4, -0.2) is 46.6 Å². The molecule has 0 unspecified atom stereocenters. The maximum Gasteiger partial charge on any atom is 0.334 e. The van der Waals surface area contributed by atoms with Crippen LogP contribution in [0.4, 0.5) is 0 Å². The Labute approximate surface area is 124 Å². The Morgan fingerprint density at radius 1 is 1.43 bits per heavy atom. The molecule has 6 heteroatoms. The molecule has 2 N–H and O–H groups in total. The van der Waals surface area contributed by atoms with Crippen molar-refractivity contribution in [3.05, 3.63) is 23.8 Å². The molecule has 4 atom stereocenters. The molecule has 0 spiro atoms. The van der Waals surface area contributed by atoms with E-state index in [0.29, 0.717) is 12.0 Å². The van der Waals surface area contributed by atoms with E-state index in [0.717, 1.165) is 0 Å². The second-order valence-corrected chi connectivity index (χ2v) is 5.02. The molecule has 0 saturated carbocycles. The number of hydrogen-bond acceptors (Lipinski definition) is 6. The number of rotatable bonds is 6. The van der Waals surface area contributed by atoms with Crippen molar-refractivity contribution in [2.24, 2.45) is 0 Å². The molecule has 1 saturated heterocycles. The van der Waals surface area contributed by atoms with Crippen LogP contribution in [0.1, 0.15) is 33.6 Å². The monoisotopic (exact) mass is 298 g/mol. The number of aliphatic hydroxyl groups is 2. The van der Waals surface area contributed by atoms with Crippen LogP contribution in [0, 0.1) is 0 Å². The molecule has 1 heterocycles. The smallest absolute Gasteiger partial charge is 0.334 e. The fraction of sp³-hybridized carbons (Fsp3) is 0.600. The van der Waals surface area contributed by atoms with Crippen LogP contribution in [0.25, 0.3) is 0 Å². The number of esters is 2. The summed E-state index contributed by atoms with van der Waals surface area (Å²) in [4.78, 5) is 23.0. The van der Waals surface area contributed by atoms with E-state index in [4.69, 9.17) is 9.47 Å². The molecule has 0 aliphatic carbocycles. The van der Waals surface area contributed by atoms with E-state index in [1.807, 2.05) is 0 Å². The molecule has 118 valence electrons. The minimum Gasteiger partial charge on any atom is -0.458 e. The Bertz CT molecular complexity index is 437. The van der Waals surface area contributed by atoms with Crippen LogP contribution in [0.2, 0.25) is 0 Å². The second-order valence-electron chi connectivity index (χ2n) is 5.02. The minimum atomic E-state index is -1.08. The highest BCUT2D eigenvalue weighted by Gasteiger charge is 2.32. The van der Waals surface area contributed by atoms with Crippen LogP contribution in [0.3, 0.4) is 0 Å². The quantitative estimate of drug-likeness (QED) is 0.429. The Morgan fingerprint density at radius 2 is 2.10 bits per heavy atom. The molecular weight excluding hydrogens is 276 g/mol. The van der Waals surface area contributed by atoms with Gasteiger partial charge in [-0.1, -0.05) is 12.2 Å². The molecule has 1 rings (SSSR count). The third kappa shape index (κ3) is 5.32. The topological polar surface area (TPSA) is 93.1 Å². The lowest BCUT2D eigenvalue weighted by molar-refractivity contribution is -0.155. The summed E-state index contributed by atoms with van der Waals surface area (Å²) in [7, 11) is 0. The second kappa shape index (κ2) is 7.95. The van der Waals surface area contributed by atoms with Gasteiger partial charge in [-0.2, -0.15) is 0 Å². The van der Waals surface area contributed by atoms with Gasteiger partial charge in [-0.15, -0.1) is 0 Å². The highest BCUT2D eigenvalue weighted by molar-refractivity contribution is 5.87. The van der Waals surface area contributed by atoms with E-state index in [-0.39, 0.29) is 12.4 Å². The maximum atomic E-state index is 11.8. The van der Waals surface area contributed by atoms with Gasteiger partial charge in [0.05, 0.1) is 12.2 Å². The lowest BCUT2D eigenvalue weighted by atomic mass is 10.1. The number of carbonyl (C=O) groups is 2. The number of aliphatic hydroxyl groups excluding tert-OH is 2. The van der Waals surface area contributed by atoms with Crippen molar-refractivity contribution in [1.82, 2.24) is 0 Å². The minimum absolute atomic E-state index is 0.272. The summed E-state index contributed by atoms with van der Waals surface area (Å²) in [5.74, 6) is -0.852. The van der Waals surface area contributed by atoms with E-state index in [1.54, 1.807) is 19.9 Å². The Morgan fingerprint density at radius 3 is 2.57 bits per heavy atom. The van der Waals surface area contributed by atoms with Crippen molar-refractivity contribution in [1.29, 1.82) is 0 Å². The normalized spacial score (nSPS) is 23.8. The van der Waals surface area contributed by atoms with Gasteiger partial charge in [-0.3, -0.25) is 4.79 Å². The summed E-state index contributed by atoms with van der Waals surface area (Å²) in [6.45, 7) is 4.78. The van der Waals surface area contributed by atoms with Crippen molar-refractivity contribution >= 4 is 11.9 Å². The SMILES string of the molecule is C/C=C(\C)C(=O)O[C@H](/C=C/[C@H](O)[C@@H](C)O)[C@H]1CCC(=O)O1. The molecule has 0 aromatic carbocycles. The highest BCUT2D eigenvalue weighted by Crippen LogP contribution is 2.21. The predicted molar refractivity (Wildman–Crippen MR) is 75.3 cm³/mol. The first-order chi connectivity index (χ1) is 9.85. The first-order valence-electron chi connectivity index (χ1n) is 6.93. The van der Waals surface area contributed by atoms with E-state index in [2.05, 4.69) is 0 Å². The lowest BCUT2D eigenvalue weighted by Crippen LogP contribution is -2.31. The summed E-state index contributed by atoms with van der Waals surface area (Å²) >= 11 is 0. The molecule has 0 radical (unpaired) electrons. The zero-order valence-corrected chi connectivity index (χ0v) is 12.5. The number of cyclic esters (lactones) is 1. The van der Waals surface area contributed by atoms with Gasteiger partial charge in [0.25, 0.3) is 0 Å². The van der Waals surface area contributed by atoms with Gasteiger partial charge in [0.2, 0.25) is 0 Å². The van der Waals surface area contributed by atoms with Crippen molar-refractivity contribution in [2.75, 3.05) is 0 Å². The van der Waals surface area contributed by atoms with E-state index < -0.39 is 30.4 Å².